The molecule has 0 bridgehead atoms. The molecule has 0 saturated carbocycles. The van der Waals surface area contributed by atoms with Crippen molar-refractivity contribution >= 4 is 5.97 Å². The molecule has 0 aromatic heterocycles. The zero-order valence-corrected chi connectivity index (χ0v) is 9.50. The van der Waals surface area contributed by atoms with Crippen LogP contribution in [0.4, 0.5) is 0 Å². The summed E-state index contributed by atoms with van der Waals surface area (Å²) in [6, 6.07) is 5.67. The lowest BCUT2D eigenvalue weighted by atomic mass is 10.1. The van der Waals surface area contributed by atoms with Crippen LogP contribution >= 0.6 is 0 Å². The average molecular weight is 208 g/mol. The molecule has 1 rings (SSSR count). The van der Waals surface area contributed by atoms with Crippen LogP contribution in [0.15, 0.2) is 18.2 Å². The third-order valence-corrected chi connectivity index (χ3v) is 2.21. The van der Waals surface area contributed by atoms with E-state index in [0.29, 0.717) is 5.75 Å². The molecule has 0 fully saturated rings. The van der Waals surface area contributed by atoms with E-state index in [9.17, 15) is 4.79 Å². The quantitative estimate of drug-likeness (QED) is 0.830. The molecule has 0 heterocycles. The van der Waals surface area contributed by atoms with Crippen LogP contribution in [-0.4, -0.2) is 16.7 Å². The highest BCUT2D eigenvalue weighted by Crippen LogP contribution is 2.23. The second-order valence-electron chi connectivity index (χ2n) is 4.19. The number of rotatable bonds is 3. The Kier molecular flexibility index (Phi) is 3.03. The maximum atomic E-state index is 10.9. The predicted molar refractivity (Wildman–Crippen MR) is 58.3 cm³/mol. The summed E-state index contributed by atoms with van der Waals surface area (Å²) >= 11 is 0. The highest BCUT2D eigenvalue weighted by molar-refractivity contribution is 5.76. The molecule has 0 aliphatic heterocycles. The molecule has 0 amide bonds. The Balaban J connectivity index is 2.95. The van der Waals surface area contributed by atoms with E-state index in [-0.39, 0.29) is 0 Å². The number of carboxylic acid groups (broad SMARTS) is 1. The molecular formula is C12H16O3. The van der Waals surface area contributed by atoms with Gasteiger partial charge in [-0.15, -0.1) is 0 Å². The predicted octanol–water partition coefficient (Wildman–Crippen LogP) is 2.55. The maximum Gasteiger partial charge on any atom is 0.347 e. The van der Waals surface area contributed by atoms with Crippen LogP contribution in [0.3, 0.4) is 0 Å². The molecule has 0 radical (unpaired) electrons. The largest absolute Gasteiger partial charge is 0.478 e. The van der Waals surface area contributed by atoms with Gasteiger partial charge < -0.3 is 9.84 Å². The summed E-state index contributed by atoms with van der Waals surface area (Å²) in [5, 5.41) is 8.92. The van der Waals surface area contributed by atoms with E-state index < -0.39 is 11.6 Å². The van der Waals surface area contributed by atoms with Gasteiger partial charge in [0.05, 0.1) is 0 Å². The fourth-order valence-corrected chi connectivity index (χ4v) is 1.23. The second kappa shape index (κ2) is 3.93. The normalized spacial score (nSPS) is 11.2. The fraction of sp³-hybridized carbons (Fsp3) is 0.417. The molecule has 15 heavy (non-hydrogen) atoms. The molecular weight excluding hydrogens is 192 g/mol. The monoisotopic (exact) mass is 208 g/mol. The molecule has 0 saturated heterocycles. The molecule has 1 aromatic rings. The minimum Gasteiger partial charge on any atom is -0.478 e. The second-order valence-corrected chi connectivity index (χ2v) is 4.19. The minimum atomic E-state index is -1.19. The molecule has 3 nitrogen and oxygen atoms in total. The smallest absolute Gasteiger partial charge is 0.347 e. The van der Waals surface area contributed by atoms with Gasteiger partial charge in [-0.05, 0) is 39.3 Å². The van der Waals surface area contributed by atoms with Gasteiger partial charge in [-0.1, -0.05) is 17.7 Å². The highest BCUT2D eigenvalue weighted by Gasteiger charge is 2.29. The van der Waals surface area contributed by atoms with Crippen molar-refractivity contribution in [2.45, 2.75) is 33.3 Å². The van der Waals surface area contributed by atoms with Crippen molar-refractivity contribution in [2.75, 3.05) is 0 Å². The van der Waals surface area contributed by atoms with E-state index in [1.54, 1.807) is 6.07 Å². The first-order valence-corrected chi connectivity index (χ1v) is 4.82. The van der Waals surface area contributed by atoms with Crippen LogP contribution in [-0.2, 0) is 4.79 Å². The van der Waals surface area contributed by atoms with Crippen LogP contribution in [0.2, 0.25) is 0 Å². The summed E-state index contributed by atoms with van der Waals surface area (Å²) < 4.78 is 5.45. The van der Waals surface area contributed by atoms with Gasteiger partial charge in [0.1, 0.15) is 5.75 Å². The topological polar surface area (TPSA) is 46.5 Å². The van der Waals surface area contributed by atoms with Gasteiger partial charge in [-0.25, -0.2) is 4.79 Å². The first-order chi connectivity index (χ1) is 6.83. The van der Waals surface area contributed by atoms with Crippen LogP contribution in [0.5, 0.6) is 5.75 Å². The number of carboxylic acids is 1. The van der Waals surface area contributed by atoms with Gasteiger partial charge in [0.25, 0.3) is 0 Å². The lowest BCUT2D eigenvalue weighted by Gasteiger charge is -2.22. The van der Waals surface area contributed by atoms with Gasteiger partial charge in [0, 0.05) is 0 Å². The van der Waals surface area contributed by atoms with Crippen molar-refractivity contribution in [1.82, 2.24) is 0 Å². The first kappa shape index (κ1) is 11.6. The average Bonchev–Trinajstić information content (AvgIpc) is 2.09. The summed E-state index contributed by atoms with van der Waals surface area (Å²) in [5.74, 6) is -0.351. The number of hydrogen-bond acceptors (Lipinski definition) is 2. The number of benzene rings is 1. The van der Waals surface area contributed by atoms with Crippen LogP contribution in [0.25, 0.3) is 0 Å². The molecule has 0 atom stereocenters. The molecule has 0 aliphatic rings. The van der Waals surface area contributed by atoms with E-state index in [1.165, 1.54) is 13.8 Å². The molecule has 1 aromatic carbocycles. The lowest BCUT2D eigenvalue weighted by Crippen LogP contribution is -2.38. The van der Waals surface area contributed by atoms with Crippen LogP contribution in [0, 0.1) is 13.8 Å². The standard InChI is InChI=1S/C12H16O3/c1-8-5-6-10(9(2)7-8)15-12(3,4)11(13)14/h5-7H,1-4H3,(H,13,14). The Labute approximate surface area is 89.7 Å². The molecule has 0 aliphatic carbocycles. The molecule has 0 unspecified atom stereocenters. The minimum absolute atomic E-state index is 0.619. The Bertz CT molecular complexity index is 380. The summed E-state index contributed by atoms with van der Waals surface area (Å²) in [6.45, 7) is 6.96. The summed E-state index contributed by atoms with van der Waals surface area (Å²) in [4.78, 5) is 10.9. The van der Waals surface area contributed by atoms with Gasteiger partial charge in [0.15, 0.2) is 5.60 Å². The van der Waals surface area contributed by atoms with Gasteiger partial charge >= 0.3 is 5.97 Å². The van der Waals surface area contributed by atoms with Gasteiger partial charge in [-0.2, -0.15) is 0 Å². The third-order valence-electron chi connectivity index (χ3n) is 2.21. The van der Waals surface area contributed by atoms with Crippen molar-refractivity contribution in [3.05, 3.63) is 29.3 Å². The fourth-order valence-electron chi connectivity index (χ4n) is 1.23. The van der Waals surface area contributed by atoms with Crippen LogP contribution < -0.4 is 4.74 Å². The number of ether oxygens (including phenoxy) is 1. The van der Waals surface area contributed by atoms with Crippen molar-refractivity contribution in [3.63, 3.8) is 0 Å². The Morgan fingerprint density at radius 1 is 1.33 bits per heavy atom. The van der Waals surface area contributed by atoms with E-state index in [1.807, 2.05) is 26.0 Å². The Morgan fingerprint density at radius 3 is 2.40 bits per heavy atom. The molecule has 3 heteroatoms. The summed E-state index contributed by atoms with van der Waals surface area (Å²) in [5.41, 5.74) is 0.886. The Morgan fingerprint density at radius 2 is 1.93 bits per heavy atom. The number of carbonyl (C=O) groups is 1. The van der Waals surface area contributed by atoms with Gasteiger partial charge in [-0.3, -0.25) is 0 Å². The van der Waals surface area contributed by atoms with Crippen LogP contribution in [0.1, 0.15) is 25.0 Å². The van der Waals surface area contributed by atoms with Crippen molar-refractivity contribution in [1.29, 1.82) is 0 Å². The number of aliphatic carboxylic acids is 1. The molecule has 0 spiro atoms. The molecule has 1 N–H and O–H groups in total. The summed E-state index contributed by atoms with van der Waals surface area (Å²) in [6.07, 6.45) is 0. The maximum absolute atomic E-state index is 10.9. The number of hydrogen-bond donors (Lipinski definition) is 1. The van der Waals surface area contributed by atoms with Crippen molar-refractivity contribution in [2.24, 2.45) is 0 Å². The zero-order chi connectivity index (χ0) is 11.6. The van der Waals surface area contributed by atoms with E-state index in [2.05, 4.69) is 0 Å². The van der Waals surface area contributed by atoms with E-state index in [4.69, 9.17) is 9.84 Å². The van der Waals surface area contributed by atoms with E-state index in [0.717, 1.165) is 11.1 Å². The van der Waals surface area contributed by atoms with Gasteiger partial charge in [0.2, 0.25) is 0 Å². The SMILES string of the molecule is Cc1ccc(OC(C)(C)C(=O)O)c(C)c1. The highest BCUT2D eigenvalue weighted by atomic mass is 16.5. The first-order valence-electron chi connectivity index (χ1n) is 4.82. The van der Waals surface area contributed by atoms with Crippen molar-refractivity contribution < 1.29 is 14.6 Å². The van der Waals surface area contributed by atoms with E-state index >= 15 is 0 Å². The number of aryl methyl sites for hydroxylation is 2. The summed E-state index contributed by atoms with van der Waals surface area (Å²) in [7, 11) is 0. The lowest BCUT2D eigenvalue weighted by molar-refractivity contribution is -0.152. The third kappa shape index (κ3) is 2.72. The van der Waals surface area contributed by atoms with Crippen molar-refractivity contribution in [3.8, 4) is 5.75 Å². The molecule has 82 valence electrons. The Hall–Kier alpha value is -1.51. The zero-order valence-electron chi connectivity index (χ0n) is 9.50.